The Morgan fingerprint density at radius 3 is 2.41 bits per heavy atom. The summed E-state index contributed by atoms with van der Waals surface area (Å²) in [5.41, 5.74) is 1.10. The van der Waals surface area contributed by atoms with Gasteiger partial charge in [-0.05, 0) is 35.2 Å². The lowest BCUT2D eigenvalue weighted by Crippen LogP contribution is -2.25. The minimum absolute atomic E-state index is 0.0542. The minimum atomic E-state index is -0.808. The Morgan fingerprint density at radius 1 is 1.00 bits per heavy atom. The van der Waals surface area contributed by atoms with Gasteiger partial charge >= 0.3 is 5.97 Å². The fourth-order valence-electron chi connectivity index (χ4n) is 2.44. The van der Waals surface area contributed by atoms with Crippen LogP contribution in [-0.2, 0) is 16.1 Å². The Bertz CT molecular complexity index is 666. The summed E-state index contributed by atoms with van der Waals surface area (Å²) in [5.74, 6) is -0.754. The highest BCUT2D eigenvalue weighted by Gasteiger charge is 2.09. The van der Waals surface area contributed by atoms with Crippen LogP contribution < -0.4 is 0 Å². The molecule has 0 heterocycles. The second kappa shape index (κ2) is 7.59. The summed E-state index contributed by atoms with van der Waals surface area (Å²) in [6, 6.07) is 14.3. The number of benzene rings is 2. The molecule has 2 aromatic rings. The van der Waals surface area contributed by atoms with Crippen LogP contribution in [0.3, 0.4) is 0 Å². The predicted molar refractivity (Wildman–Crippen MR) is 86.5 cm³/mol. The Balaban J connectivity index is 1.88. The van der Waals surface area contributed by atoms with Crippen LogP contribution in [0.15, 0.2) is 42.5 Å². The number of aliphatic carboxylic acids is 1. The molecule has 116 valence electrons. The van der Waals surface area contributed by atoms with Crippen LogP contribution in [0, 0.1) is 0 Å². The minimum Gasteiger partial charge on any atom is -0.481 e. The number of carboxylic acid groups (broad SMARTS) is 1. The lowest BCUT2D eigenvalue weighted by molar-refractivity contribution is -0.137. The largest absolute Gasteiger partial charge is 0.481 e. The Hall–Kier alpha value is -2.36. The smallest absolute Gasteiger partial charge is 0.303 e. The molecule has 2 rings (SSSR count). The monoisotopic (exact) mass is 299 g/mol. The van der Waals surface area contributed by atoms with Gasteiger partial charge in [-0.3, -0.25) is 9.59 Å². The molecule has 4 nitrogen and oxygen atoms in total. The molecule has 2 aromatic carbocycles. The molecule has 22 heavy (non-hydrogen) atoms. The molecule has 0 aliphatic carbocycles. The van der Waals surface area contributed by atoms with Crippen molar-refractivity contribution >= 4 is 22.6 Å². The van der Waals surface area contributed by atoms with Gasteiger partial charge in [-0.2, -0.15) is 0 Å². The molecule has 0 atom stereocenters. The summed E-state index contributed by atoms with van der Waals surface area (Å²) in [5, 5.41) is 10.9. The van der Waals surface area contributed by atoms with E-state index in [9.17, 15) is 9.59 Å². The quantitative estimate of drug-likeness (QED) is 0.797. The zero-order chi connectivity index (χ0) is 15.9. The van der Waals surface area contributed by atoms with E-state index in [2.05, 4.69) is 24.3 Å². The molecule has 4 heteroatoms. The summed E-state index contributed by atoms with van der Waals surface area (Å²) >= 11 is 0. The first kappa shape index (κ1) is 16.0. The second-order valence-corrected chi connectivity index (χ2v) is 5.53. The lowest BCUT2D eigenvalue weighted by Gasteiger charge is -2.17. The number of rotatable bonds is 7. The number of carbonyl (C=O) groups excluding carboxylic acids is 1. The maximum Gasteiger partial charge on any atom is 0.303 e. The number of unbranched alkanes of at least 4 members (excludes halogenated alkanes) is 1. The van der Waals surface area contributed by atoms with Crippen LogP contribution in [0.5, 0.6) is 0 Å². The van der Waals surface area contributed by atoms with Gasteiger partial charge in [0.15, 0.2) is 0 Å². The van der Waals surface area contributed by atoms with Crippen molar-refractivity contribution in [3.05, 3.63) is 48.0 Å². The van der Waals surface area contributed by atoms with Crippen molar-refractivity contribution in [2.75, 3.05) is 7.05 Å². The SMILES string of the molecule is CN(Cc1ccc2ccccc2c1)C(=O)CCCCC(=O)O. The van der Waals surface area contributed by atoms with Gasteiger partial charge in [-0.1, -0.05) is 36.4 Å². The summed E-state index contributed by atoms with van der Waals surface area (Å²) in [6.07, 6.45) is 1.69. The highest BCUT2D eigenvalue weighted by Crippen LogP contribution is 2.17. The zero-order valence-corrected chi connectivity index (χ0v) is 12.8. The van der Waals surface area contributed by atoms with E-state index in [0.29, 0.717) is 25.8 Å². The molecule has 0 saturated heterocycles. The average molecular weight is 299 g/mol. The van der Waals surface area contributed by atoms with E-state index in [1.54, 1.807) is 11.9 Å². The van der Waals surface area contributed by atoms with Crippen molar-refractivity contribution in [2.24, 2.45) is 0 Å². The third-order valence-corrected chi connectivity index (χ3v) is 3.69. The van der Waals surface area contributed by atoms with Gasteiger partial charge in [-0.25, -0.2) is 0 Å². The Kier molecular flexibility index (Phi) is 5.53. The van der Waals surface area contributed by atoms with Crippen LogP contribution >= 0.6 is 0 Å². The molecule has 0 aliphatic rings. The number of nitrogens with zero attached hydrogens (tertiary/aromatic N) is 1. The summed E-state index contributed by atoms with van der Waals surface area (Å²) < 4.78 is 0. The van der Waals surface area contributed by atoms with E-state index < -0.39 is 5.97 Å². The van der Waals surface area contributed by atoms with Crippen molar-refractivity contribution in [1.82, 2.24) is 4.90 Å². The van der Waals surface area contributed by atoms with E-state index in [-0.39, 0.29) is 12.3 Å². The van der Waals surface area contributed by atoms with Crippen LogP contribution in [0.25, 0.3) is 10.8 Å². The van der Waals surface area contributed by atoms with Crippen LogP contribution in [-0.4, -0.2) is 28.9 Å². The van der Waals surface area contributed by atoms with Gasteiger partial charge in [0.05, 0.1) is 0 Å². The molecular formula is C18H21NO3. The third-order valence-electron chi connectivity index (χ3n) is 3.69. The lowest BCUT2D eigenvalue weighted by atomic mass is 10.1. The number of amides is 1. The van der Waals surface area contributed by atoms with Crippen molar-refractivity contribution in [3.63, 3.8) is 0 Å². The van der Waals surface area contributed by atoms with Gasteiger partial charge in [0.25, 0.3) is 0 Å². The molecule has 0 bridgehead atoms. The van der Waals surface area contributed by atoms with E-state index in [1.807, 2.05) is 18.2 Å². The summed E-state index contributed by atoms with van der Waals surface area (Å²) in [6.45, 7) is 0.572. The fourth-order valence-corrected chi connectivity index (χ4v) is 2.44. The van der Waals surface area contributed by atoms with Gasteiger partial charge in [0.1, 0.15) is 0 Å². The first-order chi connectivity index (χ1) is 10.6. The molecule has 0 unspecified atom stereocenters. The highest BCUT2D eigenvalue weighted by atomic mass is 16.4. The number of carboxylic acids is 1. The summed E-state index contributed by atoms with van der Waals surface area (Å²) in [4.78, 5) is 24.2. The molecule has 0 fully saturated rings. The molecule has 1 amide bonds. The Morgan fingerprint density at radius 2 is 1.68 bits per heavy atom. The number of hydrogen-bond donors (Lipinski definition) is 1. The number of carbonyl (C=O) groups is 2. The van der Waals surface area contributed by atoms with Crippen molar-refractivity contribution < 1.29 is 14.7 Å². The highest BCUT2D eigenvalue weighted by molar-refractivity contribution is 5.83. The summed E-state index contributed by atoms with van der Waals surface area (Å²) in [7, 11) is 1.79. The second-order valence-electron chi connectivity index (χ2n) is 5.53. The van der Waals surface area contributed by atoms with E-state index in [4.69, 9.17) is 5.11 Å². The van der Waals surface area contributed by atoms with E-state index >= 15 is 0 Å². The fraction of sp³-hybridized carbons (Fsp3) is 0.333. The van der Waals surface area contributed by atoms with Gasteiger partial charge in [-0.15, -0.1) is 0 Å². The Labute approximate surface area is 130 Å². The van der Waals surface area contributed by atoms with Gasteiger partial charge in [0, 0.05) is 26.4 Å². The third kappa shape index (κ3) is 4.58. The molecular weight excluding hydrogens is 278 g/mol. The molecule has 0 aliphatic heterocycles. The zero-order valence-electron chi connectivity index (χ0n) is 12.8. The first-order valence-corrected chi connectivity index (χ1v) is 7.49. The van der Waals surface area contributed by atoms with Crippen molar-refractivity contribution in [2.45, 2.75) is 32.2 Å². The van der Waals surface area contributed by atoms with Gasteiger partial charge in [0.2, 0.25) is 5.91 Å². The van der Waals surface area contributed by atoms with Crippen LogP contribution in [0.2, 0.25) is 0 Å². The first-order valence-electron chi connectivity index (χ1n) is 7.49. The van der Waals surface area contributed by atoms with E-state index in [1.165, 1.54) is 10.8 Å². The normalized spacial score (nSPS) is 10.6. The average Bonchev–Trinajstić information content (AvgIpc) is 2.51. The molecule has 0 saturated carbocycles. The maximum absolute atomic E-state index is 12.0. The molecule has 0 aromatic heterocycles. The van der Waals surface area contributed by atoms with E-state index in [0.717, 1.165) is 5.56 Å². The van der Waals surface area contributed by atoms with Crippen molar-refractivity contribution in [1.29, 1.82) is 0 Å². The number of hydrogen-bond acceptors (Lipinski definition) is 2. The van der Waals surface area contributed by atoms with Gasteiger partial charge < -0.3 is 10.0 Å². The predicted octanol–water partition coefficient (Wildman–Crippen LogP) is 3.44. The molecule has 1 N–H and O–H groups in total. The maximum atomic E-state index is 12.0. The number of fused-ring (bicyclic) bond motifs is 1. The van der Waals surface area contributed by atoms with Crippen LogP contribution in [0.4, 0.5) is 0 Å². The van der Waals surface area contributed by atoms with Crippen molar-refractivity contribution in [3.8, 4) is 0 Å². The standard InChI is InChI=1S/C18H21NO3/c1-19(17(20)8-4-5-9-18(21)22)13-14-10-11-15-6-2-3-7-16(15)12-14/h2-3,6-7,10-12H,4-5,8-9,13H2,1H3,(H,21,22). The van der Waals surface area contributed by atoms with Crippen LogP contribution in [0.1, 0.15) is 31.2 Å². The molecule has 0 spiro atoms. The topological polar surface area (TPSA) is 57.6 Å². The molecule has 0 radical (unpaired) electrons.